The number of piperazine rings is 1. The molecule has 1 N–H and O–H groups in total. The summed E-state index contributed by atoms with van der Waals surface area (Å²) >= 11 is 6.09. The van der Waals surface area contributed by atoms with Gasteiger partial charge >= 0.3 is 0 Å². The van der Waals surface area contributed by atoms with Crippen LogP contribution < -0.4 is 5.32 Å². The highest BCUT2D eigenvalue weighted by Gasteiger charge is 2.36. The number of pyridine rings is 1. The first-order valence-corrected chi connectivity index (χ1v) is 8.06. The molecule has 0 saturated carbocycles. The molecule has 0 radical (unpaired) electrons. The molecule has 2 aromatic rings. The smallest absolute Gasteiger partial charge is 0.247 e. The topological polar surface area (TPSA) is 62.3 Å². The van der Waals surface area contributed by atoms with Crippen LogP contribution in [-0.4, -0.2) is 34.8 Å². The SMILES string of the molecule is O=C1NCCN(C(=O)/C=C/c2cccnc2)C1c1c(F)cccc1Cl. The van der Waals surface area contributed by atoms with Gasteiger partial charge < -0.3 is 10.2 Å². The first-order valence-electron chi connectivity index (χ1n) is 7.68. The van der Waals surface area contributed by atoms with E-state index in [1.165, 1.54) is 29.2 Å². The van der Waals surface area contributed by atoms with Crippen LogP contribution in [0.1, 0.15) is 17.2 Å². The zero-order valence-electron chi connectivity index (χ0n) is 13.2. The molecule has 1 unspecified atom stereocenters. The van der Waals surface area contributed by atoms with Gasteiger partial charge in [-0.05, 0) is 29.8 Å². The van der Waals surface area contributed by atoms with Crippen molar-refractivity contribution in [3.63, 3.8) is 0 Å². The first-order chi connectivity index (χ1) is 12.1. The van der Waals surface area contributed by atoms with Crippen molar-refractivity contribution in [2.45, 2.75) is 6.04 Å². The molecule has 1 aromatic carbocycles. The third kappa shape index (κ3) is 3.69. The number of carbonyl (C=O) groups excluding carboxylic acids is 2. The Morgan fingerprint density at radius 3 is 2.92 bits per heavy atom. The van der Waals surface area contributed by atoms with Crippen molar-refractivity contribution >= 4 is 29.5 Å². The zero-order valence-corrected chi connectivity index (χ0v) is 13.9. The van der Waals surface area contributed by atoms with E-state index in [0.717, 1.165) is 5.56 Å². The summed E-state index contributed by atoms with van der Waals surface area (Å²) in [6, 6.07) is 6.61. The Bertz CT molecular complexity index is 806. The fourth-order valence-corrected chi connectivity index (χ4v) is 2.97. The van der Waals surface area contributed by atoms with E-state index in [0.29, 0.717) is 6.54 Å². The average molecular weight is 360 g/mol. The van der Waals surface area contributed by atoms with Gasteiger partial charge in [-0.15, -0.1) is 0 Å². The van der Waals surface area contributed by atoms with Gasteiger partial charge in [0, 0.05) is 42.1 Å². The summed E-state index contributed by atoms with van der Waals surface area (Å²) in [5, 5.41) is 2.76. The van der Waals surface area contributed by atoms with Crippen molar-refractivity contribution in [3.05, 3.63) is 70.8 Å². The largest absolute Gasteiger partial charge is 0.352 e. The van der Waals surface area contributed by atoms with Crippen LogP contribution in [0.4, 0.5) is 4.39 Å². The van der Waals surface area contributed by atoms with E-state index in [-0.39, 0.29) is 17.1 Å². The number of amides is 2. The van der Waals surface area contributed by atoms with Crippen LogP contribution in [0.15, 0.2) is 48.8 Å². The number of halogens is 2. The highest BCUT2D eigenvalue weighted by Crippen LogP contribution is 2.31. The third-order valence-electron chi connectivity index (χ3n) is 3.87. The Kier molecular flexibility index (Phi) is 5.09. The maximum absolute atomic E-state index is 14.3. The van der Waals surface area contributed by atoms with Gasteiger partial charge in [0.05, 0.1) is 0 Å². The summed E-state index contributed by atoms with van der Waals surface area (Å²) in [4.78, 5) is 30.2. The van der Waals surface area contributed by atoms with Gasteiger partial charge in [-0.1, -0.05) is 23.7 Å². The van der Waals surface area contributed by atoms with E-state index < -0.39 is 23.7 Å². The minimum atomic E-state index is -1.10. The molecular weight excluding hydrogens is 345 g/mol. The van der Waals surface area contributed by atoms with Gasteiger partial charge in [0.2, 0.25) is 11.8 Å². The van der Waals surface area contributed by atoms with Crippen molar-refractivity contribution < 1.29 is 14.0 Å². The van der Waals surface area contributed by atoms with Gasteiger partial charge in [0.15, 0.2) is 0 Å². The van der Waals surface area contributed by atoms with Gasteiger partial charge in [-0.25, -0.2) is 4.39 Å². The van der Waals surface area contributed by atoms with E-state index in [4.69, 9.17) is 11.6 Å². The molecule has 3 rings (SSSR count). The summed E-state index contributed by atoms with van der Waals surface area (Å²) in [6.45, 7) is 0.561. The van der Waals surface area contributed by atoms with Gasteiger partial charge in [-0.2, -0.15) is 0 Å². The number of nitrogens with one attached hydrogen (secondary N) is 1. The molecule has 1 fully saturated rings. The lowest BCUT2D eigenvalue weighted by molar-refractivity contribution is -0.140. The van der Waals surface area contributed by atoms with Crippen molar-refractivity contribution in [3.8, 4) is 0 Å². The molecule has 1 aliphatic rings. The summed E-state index contributed by atoms with van der Waals surface area (Å²) in [5.74, 6) is -1.48. The van der Waals surface area contributed by atoms with Crippen LogP contribution in [0.5, 0.6) is 0 Å². The molecule has 1 saturated heterocycles. The molecule has 25 heavy (non-hydrogen) atoms. The molecule has 1 aliphatic heterocycles. The summed E-state index contributed by atoms with van der Waals surface area (Å²) in [6.07, 6.45) is 6.18. The van der Waals surface area contributed by atoms with Crippen molar-refractivity contribution in [1.82, 2.24) is 15.2 Å². The number of carbonyl (C=O) groups is 2. The molecule has 5 nitrogen and oxygen atoms in total. The molecule has 0 spiro atoms. The number of hydrogen-bond donors (Lipinski definition) is 1. The highest BCUT2D eigenvalue weighted by molar-refractivity contribution is 6.31. The predicted molar refractivity (Wildman–Crippen MR) is 92.1 cm³/mol. The molecule has 2 amide bonds. The number of hydrogen-bond acceptors (Lipinski definition) is 3. The zero-order chi connectivity index (χ0) is 17.8. The second-order valence-corrected chi connectivity index (χ2v) is 5.89. The Labute approximate surface area is 149 Å². The van der Waals surface area contributed by atoms with Crippen LogP contribution in [0.2, 0.25) is 5.02 Å². The van der Waals surface area contributed by atoms with E-state index in [2.05, 4.69) is 10.3 Å². The molecule has 7 heteroatoms. The molecule has 2 heterocycles. The fraction of sp³-hybridized carbons (Fsp3) is 0.167. The normalized spacial score (nSPS) is 17.6. The van der Waals surface area contributed by atoms with Gasteiger partial charge in [0.25, 0.3) is 0 Å². The minimum absolute atomic E-state index is 0.00416. The van der Waals surface area contributed by atoms with Gasteiger partial charge in [-0.3, -0.25) is 14.6 Å². The highest BCUT2D eigenvalue weighted by atomic mass is 35.5. The second-order valence-electron chi connectivity index (χ2n) is 5.48. The lowest BCUT2D eigenvalue weighted by atomic mass is 10.0. The maximum atomic E-state index is 14.3. The Hall–Kier alpha value is -2.73. The summed E-state index contributed by atoms with van der Waals surface area (Å²) < 4.78 is 14.3. The monoisotopic (exact) mass is 359 g/mol. The molecule has 0 aliphatic carbocycles. The average Bonchev–Trinajstić information content (AvgIpc) is 2.61. The molecule has 1 atom stereocenters. The number of aromatic nitrogens is 1. The quantitative estimate of drug-likeness (QED) is 0.857. The number of nitrogens with zero attached hydrogens (tertiary/aromatic N) is 2. The maximum Gasteiger partial charge on any atom is 0.247 e. The van der Waals surface area contributed by atoms with Gasteiger partial charge in [0.1, 0.15) is 11.9 Å². The first kappa shape index (κ1) is 17.1. The van der Waals surface area contributed by atoms with E-state index in [9.17, 15) is 14.0 Å². The number of benzene rings is 1. The molecular formula is C18H15ClFN3O2. The molecule has 1 aromatic heterocycles. The molecule has 128 valence electrons. The summed E-state index contributed by atoms with van der Waals surface area (Å²) in [5.41, 5.74) is 0.752. The van der Waals surface area contributed by atoms with Crippen molar-refractivity contribution in [2.24, 2.45) is 0 Å². The third-order valence-corrected chi connectivity index (χ3v) is 4.20. The molecule has 0 bridgehead atoms. The fourth-order valence-electron chi connectivity index (χ4n) is 2.70. The Morgan fingerprint density at radius 2 is 2.20 bits per heavy atom. The predicted octanol–water partition coefficient (Wildman–Crippen LogP) is 2.59. The summed E-state index contributed by atoms with van der Waals surface area (Å²) in [7, 11) is 0. The number of rotatable bonds is 3. The van der Waals surface area contributed by atoms with Crippen molar-refractivity contribution in [1.29, 1.82) is 0 Å². The minimum Gasteiger partial charge on any atom is -0.352 e. The van der Waals surface area contributed by atoms with Crippen molar-refractivity contribution in [2.75, 3.05) is 13.1 Å². The lowest BCUT2D eigenvalue weighted by Crippen LogP contribution is -2.52. The van der Waals surface area contributed by atoms with Crippen LogP contribution >= 0.6 is 11.6 Å². The Morgan fingerprint density at radius 1 is 1.36 bits per heavy atom. The lowest BCUT2D eigenvalue weighted by Gasteiger charge is -2.35. The van der Waals surface area contributed by atoms with Crippen LogP contribution in [-0.2, 0) is 9.59 Å². The second kappa shape index (κ2) is 7.44. The van der Waals surface area contributed by atoms with Crippen LogP contribution in [0, 0.1) is 5.82 Å². The van der Waals surface area contributed by atoms with Crippen LogP contribution in [0.3, 0.4) is 0 Å². The Balaban J connectivity index is 1.91. The van der Waals surface area contributed by atoms with Crippen LogP contribution in [0.25, 0.3) is 6.08 Å². The van der Waals surface area contributed by atoms with E-state index in [1.807, 2.05) is 0 Å². The standard InChI is InChI=1S/C18H15ClFN3O2/c19-13-4-1-5-14(20)16(13)17-18(25)22-9-10-23(17)15(24)7-6-12-3-2-8-21-11-12/h1-8,11,17H,9-10H2,(H,22,25)/b7-6+. The van der Waals surface area contributed by atoms with E-state index in [1.54, 1.807) is 30.6 Å². The van der Waals surface area contributed by atoms with E-state index >= 15 is 0 Å².